The van der Waals surface area contributed by atoms with Crippen LogP contribution in [0, 0.1) is 0 Å². The molecule has 12 aromatic carbocycles. The zero-order valence-corrected chi connectivity index (χ0v) is 53.6. The lowest BCUT2D eigenvalue weighted by Crippen LogP contribution is -2.21. The maximum Gasteiger partial charge on any atom is 0.135 e. The van der Waals surface area contributed by atoms with Crippen molar-refractivity contribution in [2.75, 3.05) is 0 Å². The fourth-order valence-electron chi connectivity index (χ4n) is 18.5. The average molecular weight is 1360 g/mol. The van der Waals surface area contributed by atoms with E-state index in [1.807, 2.05) is 0 Å². The smallest absolute Gasteiger partial charge is 0.135 e. The van der Waals surface area contributed by atoms with Gasteiger partial charge in [-0.25, -0.2) is 0 Å². The monoisotopic (exact) mass is 1360 g/mol. The molecule has 0 amide bonds. The molecule has 0 fully saturated rings. The Morgan fingerprint density at radius 2 is 0.578 bits per heavy atom. The third kappa shape index (κ3) is 9.60. The summed E-state index contributed by atoms with van der Waals surface area (Å²) in [7, 11) is 0. The van der Waals surface area contributed by atoms with Crippen molar-refractivity contribution in [3.63, 3.8) is 0 Å². The van der Waals surface area contributed by atoms with Crippen molar-refractivity contribution < 1.29 is 91.5 Å². The van der Waals surface area contributed by atoms with Gasteiger partial charge in [-0.2, -0.15) is 0 Å². The largest absolute Gasteiger partial charge is 0.508 e. The SMILES string of the molecule is Oc1ccc([C@H](c2c(O)cc([C@@H]3c4c(O)cc5c6c4[C@H]([C@@H](c4ccc(O)cc4)c4c(O)cc(O)cc4[C@@H]6[C@@H](c4ccc(O)cc4)O5)[C@H]3c3ccc(O)cc3)cc2O)[C@@H]2c3cc(O)cc(O)c3[C@H](c3ccc(O)cc3)[C@H]3c4c2c(O)cc(O)c4[C@H](c2cc(O)cc(O)c2)[C@H]3c2ccc(O)cc2)cc1. The van der Waals surface area contributed by atoms with Crippen LogP contribution in [0.25, 0.3) is 0 Å². The molecule has 17 N–H and O–H groups in total. The van der Waals surface area contributed by atoms with E-state index in [2.05, 4.69) is 0 Å². The van der Waals surface area contributed by atoms with Gasteiger partial charge in [0.15, 0.2) is 0 Å². The van der Waals surface area contributed by atoms with Crippen LogP contribution < -0.4 is 4.74 Å². The molecule has 12 aromatic rings. The number of phenolic OH excluding ortho intramolecular Hbond substituents is 17. The molecular weight excluding hydrogens is 1300 g/mol. The summed E-state index contributed by atoms with van der Waals surface area (Å²) in [4.78, 5) is 0. The van der Waals surface area contributed by atoms with Gasteiger partial charge >= 0.3 is 0 Å². The predicted molar refractivity (Wildman–Crippen MR) is 373 cm³/mol. The van der Waals surface area contributed by atoms with Crippen molar-refractivity contribution in [2.45, 2.75) is 71.2 Å². The highest BCUT2D eigenvalue weighted by atomic mass is 16.5. The second kappa shape index (κ2) is 23.1. The summed E-state index contributed by atoms with van der Waals surface area (Å²) in [5, 5.41) is 204. The zero-order chi connectivity index (χ0) is 70.7. The molecule has 12 atom stereocenters. The molecule has 18 heteroatoms. The fourth-order valence-corrected chi connectivity index (χ4v) is 18.5. The standard InChI is InChI=1S/C84H64O18/c85-44-13-1-36(2-14-44)64-69(42-25-50(91)29-51(92)26-42)76-60(99)34-61(100)78-73(54-30-52(93)32-58(97)71(54)66(80(64)82(76)78)38-5-17-46(87)18-6-38)68(40-9-21-48(89)22-10-40)75-56(95)27-43(28-57(75)96)70-65(37-3-15-45(86)16-4-37)81-67(39-7-19-47(88)20-8-39)72-55(31-53(94)33-59(72)98)74-79-63(35-62(101)77(70)83(79)81)102-84(74)41-11-23-49(90)24-12-41/h1-35,64-70,73-74,80-81,84-101H/t64-,65+,66+,67+,68+,69-,70+,73+,74+,80+,81+,84-/m1/s1. The highest BCUT2D eigenvalue weighted by molar-refractivity contribution is 5.76. The Hall–Kier alpha value is -13.0. The van der Waals surface area contributed by atoms with E-state index in [9.17, 15) is 86.8 Å². The van der Waals surface area contributed by atoms with Crippen LogP contribution in [0.2, 0.25) is 0 Å². The molecule has 0 aromatic heterocycles. The summed E-state index contributed by atoms with van der Waals surface area (Å²) in [5.41, 5.74) is 6.62. The summed E-state index contributed by atoms with van der Waals surface area (Å²) >= 11 is 0. The first kappa shape index (κ1) is 62.6. The van der Waals surface area contributed by atoms with Gasteiger partial charge in [0.1, 0.15) is 110 Å². The minimum Gasteiger partial charge on any atom is -0.508 e. The molecule has 0 bridgehead atoms. The normalized spacial score (nSPS) is 21.9. The van der Waals surface area contributed by atoms with Crippen LogP contribution in [0.3, 0.4) is 0 Å². The molecule has 0 unspecified atom stereocenters. The predicted octanol–water partition coefficient (Wildman–Crippen LogP) is 15.2. The summed E-state index contributed by atoms with van der Waals surface area (Å²) in [5.74, 6) is -16.1. The topological polar surface area (TPSA) is 353 Å². The van der Waals surface area contributed by atoms with Gasteiger partial charge in [-0.1, -0.05) is 72.8 Å². The lowest BCUT2D eigenvalue weighted by Gasteiger charge is -2.35. The molecule has 1 aliphatic heterocycles. The second-order valence-corrected chi connectivity index (χ2v) is 27.5. The van der Waals surface area contributed by atoms with E-state index in [0.29, 0.717) is 61.2 Å². The van der Waals surface area contributed by atoms with Crippen molar-refractivity contribution in [2.24, 2.45) is 0 Å². The van der Waals surface area contributed by atoms with Crippen LogP contribution >= 0.6 is 0 Å². The van der Waals surface area contributed by atoms with Gasteiger partial charge < -0.3 is 91.5 Å². The molecule has 0 saturated carbocycles. The molecule has 0 spiro atoms. The molecular formula is C84H64O18. The van der Waals surface area contributed by atoms with Crippen LogP contribution in [-0.2, 0) is 0 Å². The van der Waals surface area contributed by atoms with Gasteiger partial charge in [0.25, 0.3) is 0 Å². The Balaban J connectivity index is 0.949. The van der Waals surface area contributed by atoms with Crippen LogP contribution in [0.5, 0.6) is 103 Å². The lowest BCUT2D eigenvalue weighted by atomic mass is 9.68. The van der Waals surface area contributed by atoms with Gasteiger partial charge in [-0.05, 0) is 176 Å². The van der Waals surface area contributed by atoms with E-state index in [-0.39, 0.29) is 114 Å². The molecule has 1 heterocycles. The van der Waals surface area contributed by atoms with Gasteiger partial charge in [-0.15, -0.1) is 0 Å². The van der Waals surface area contributed by atoms with Crippen LogP contribution in [0.15, 0.2) is 212 Å². The molecule has 18 nitrogen and oxygen atoms in total. The van der Waals surface area contributed by atoms with E-state index in [1.165, 1.54) is 115 Å². The van der Waals surface area contributed by atoms with Crippen LogP contribution in [-0.4, -0.2) is 86.8 Å². The Morgan fingerprint density at radius 1 is 0.225 bits per heavy atom. The van der Waals surface area contributed by atoms with E-state index in [4.69, 9.17) is 4.74 Å². The zero-order valence-electron chi connectivity index (χ0n) is 53.6. The number of hydrogen-bond acceptors (Lipinski definition) is 18. The Labute approximate surface area is 581 Å². The quantitative estimate of drug-likeness (QED) is 0.0605. The first-order valence-electron chi connectivity index (χ1n) is 33.2. The Morgan fingerprint density at radius 3 is 1.05 bits per heavy atom. The van der Waals surface area contributed by atoms with Crippen molar-refractivity contribution >= 4 is 0 Å². The van der Waals surface area contributed by atoms with E-state index < -0.39 is 106 Å². The maximum atomic E-state index is 13.7. The Kier molecular flexibility index (Phi) is 14.1. The highest BCUT2D eigenvalue weighted by Crippen LogP contribution is 2.73. The summed E-state index contributed by atoms with van der Waals surface area (Å²) in [6.07, 6.45) is -0.899. The molecule has 0 radical (unpaired) electrons. The van der Waals surface area contributed by atoms with Crippen molar-refractivity contribution in [1.29, 1.82) is 0 Å². The fraction of sp³-hybridized carbons (Fsp3) is 0.143. The average Bonchev–Trinajstić information content (AvgIpc) is 1.53. The number of ether oxygens (including phenoxy) is 1. The van der Waals surface area contributed by atoms with Crippen molar-refractivity contribution in [3.8, 4) is 103 Å². The molecule has 5 aliphatic rings. The van der Waals surface area contributed by atoms with E-state index in [0.717, 1.165) is 18.2 Å². The van der Waals surface area contributed by atoms with Crippen molar-refractivity contribution in [3.05, 3.63) is 318 Å². The van der Waals surface area contributed by atoms with Crippen LogP contribution in [0.1, 0.15) is 177 Å². The molecule has 102 heavy (non-hydrogen) atoms. The minimum atomic E-state index is -1.46. The molecule has 17 rings (SSSR count). The third-order valence-corrected chi connectivity index (χ3v) is 22.1. The number of benzene rings is 12. The van der Waals surface area contributed by atoms with Gasteiger partial charge in [-0.3, -0.25) is 0 Å². The Bertz CT molecular complexity index is 5360. The third-order valence-electron chi connectivity index (χ3n) is 22.1. The molecule has 4 aliphatic carbocycles. The number of aromatic hydroxyl groups is 17. The first-order valence-corrected chi connectivity index (χ1v) is 33.2. The number of fused-ring (bicyclic) bond motifs is 3. The second-order valence-electron chi connectivity index (χ2n) is 27.5. The minimum absolute atomic E-state index is 0.0157. The summed E-state index contributed by atoms with van der Waals surface area (Å²) < 4.78 is 6.95. The molecule has 508 valence electrons. The van der Waals surface area contributed by atoms with Gasteiger partial charge in [0, 0.05) is 128 Å². The highest BCUT2D eigenvalue weighted by Gasteiger charge is 2.58. The maximum absolute atomic E-state index is 13.7. The van der Waals surface area contributed by atoms with Crippen LogP contribution in [0.4, 0.5) is 0 Å². The summed E-state index contributed by atoms with van der Waals surface area (Å²) in [6, 6.07) is 52.8. The first-order chi connectivity index (χ1) is 49.1. The summed E-state index contributed by atoms with van der Waals surface area (Å²) in [6.45, 7) is 0. The van der Waals surface area contributed by atoms with Crippen molar-refractivity contribution in [1.82, 2.24) is 0 Å². The number of phenols is 17. The van der Waals surface area contributed by atoms with E-state index in [1.54, 1.807) is 78.9 Å². The molecule has 0 saturated heterocycles. The lowest BCUT2D eigenvalue weighted by molar-refractivity contribution is 0.221. The number of hydrogen-bond donors (Lipinski definition) is 17. The van der Waals surface area contributed by atoms with E-state index >= 15 is 0 Å². The van der Waals surface area contributed by atoms with Gasteiger partial charge in [0.2, 0.25) is 0 Å². The number of rotatable bonds is 10. The van der Waals surface area contributed by atoms with Gasteiger partial charge in [0.05, 0.1) is 5.92 Å².